The van der Waals surface area contributed by atoms with Gasteiger partial charge in [-0.1, -0.05) is 33.6 Å². The van der Waals surface area contributed by atoms with Crippen LogP contribution in [0.4, 0.5) is 4.79 Å². The Balaban J connectivity index is 1.53. The molecule has 2 fully saturated rings. The molecule has 2 bridgehead atoms. The molecule has 1 aromatic heterocycles. The number of alkyl carbamates (subject to hydrolysis) is 1. The molecule has 0 unspecified atom stereocenters. The van der Waals surface area contributed by atoms with E-state index >= 15 is 0 Å². The molecule has 3 heterocycles. The summed E-state index contributed by atoms with van der Waals surface area (Å²) in [5, 5.41) is 2.79. The minimum Gasteiger partial charge on any atom is -0.497 e. The molecule has 2 aliphatic heterocycles. The summed E-state index contributed by atoms with van der Waals surface area (Å²) >= 11 is 0. The number of fused-ring (bicyclic) bond motifs is 5. The van der Waals surface area contributed by atoms with Gasteiger partial charge < -0.3 is 29.2 Å². The van der Waals surface area contributed by atoms with Crippen molar-refractivity contribution in [1.82, 2.24) is 20.2 Å². The molecule has 1 N–H and O–H groups in total. The number of carbonyl (C=O) groups excluding carboxylic acids is 3. The van der Waals surface area contributed by atoms with Crippen LogP contribution in [0.2, 0.25) is 0 Å². The molecule has 224 valence electrons. The summed E-state index contributed by atoms with van der Waals surface area (Å²) in [7, 11) is 2.85. The van der Waals surface area contributed by atoms with Gasteiger partial charge in [0.05, 0.1) is 31.8 Å². The van der Waals surface area contributed by atoms with Crippen molar-refractivity contribution < 1.29 is 33.3 Å². The van der Waals surface area contributed by atoms with E-state index in [0.29, 0.717) is 28.9 Å². The van der Waals surface area contributed by atoms with Crippen molar-refractivity contribution in [2.24, 2.45) is 17.3 Å². The largest absolute Gasteiger partial charge is 0.497 e. The molecular weight excluding hydrogens is 540 g/mol. The summed E-state index contributed by atoms with van der Waals surface area (Å²) in [6, 6.07) is 3.52. The number of nitrogens with one attached hydrogen (secondary N) is 1. The third-order valence-electron chi connectivity index (χ3n) is 8.28. The van der Waals surface area contributed by atoms with Crippen molar-refractivity contribution in [1.29, 1.82) is 0 Å². The highest BCUT2D eigenvalue weighted by Gasteiger charge is 2.51. The van der Waals surface area contributed by atoms with Crippen LogP contribution in [0.1, 0.15) is 59.1 Å². The Morgan fingerprint density at radius 2 is 1.93 bits per heavy atom. The zero-order chi connectivity index (χ0) is 30.2. The Hall–Kier alpha value is -4.07. The molecule has 2 amide bonds. The lowest BCUT2D eigenvalue weighted by molar-refractivity contribution is -0.152. The first-order valence-corrected chi connectivity index (χ1v) is 14.4. The molecule has 6 atom stereocenters. The summed E-state index contributed by atoms with van der Waals surface area (Å²) in [4.78, 5) is 50.7. The molecule has 1 saturated heterocycles. The summed E-state index contributed by atoms with van der Waals surface area (Å²) in [5.74, 6) is 6.63. The first kappa shape index (κ1) is 29.4. The number of rotatable bonds is 2. The predicted octanol–water partition coefficient (Wildman–Crippen LogP) is 3.47. The maximum atomic E-state index is 14.0. The number of aromatic nitrogens is 2. The highest BCUT2D eigenvalue weighted by molar-refractivity contribution is 5.91. The van der Waals surface area contributed by atoms with E-state index in [1.54, 1.807) is 19.2 Å². The first-order valence-electron chi connectivity index (χ1n) is 14.4. The fourth-order valence-electron chi connectivity index (χ4n) is 5.74. The average Bonchev–Trinajstić information content (AvgIpc) is 3.34. The van der Waals surface area contributed by atoms with Gasteiger partial charge >= 0.3 is 12.1 Å². The summed E-state index contributed by atoms with van der Waals surface area (Å²) in [6.07, 6.45) is 1.04. The second kappa shape index (κ2) is 11.7. The second-order valence-corrected chi connectivity index (χ2v) is 12.3. The van der Waals surface area contributed by atoms with E-state index in [-0.39, 0.29) is 36.8 Å². The van der Waals surface area contributed by atoms with E-state index in [1.165, 1.54) is 12.0 Å². The maximum absolute atomic E-state index is 14.0. The smallest absolute Gasteiger partial charge is 0.408 e. The van der Waals surface area contributed by atoms with Crippen LogP contribution in [0, 0.1) is 29.1 Å². The van der Waals surface area contributed by atoms with Crippen LogP contribution in [0.15, 0.2) is 18.2 Å². The van der Waals surface area contributed by atoms with Crippen molar-refractivity contribution in [3.05, 3.63) is 23.9 Å². The molecule has 11 nitrogen and oxygen atoms in total. The number of esters is 1. The Labute approximate surface area is 245 Å². The van der Waals surface area contributed by atoms with E-state index in [1.807, 2.05) is 26.8 Å². The van der Waals surface area contributed by atoms with Gasteiger partial charge in [-0.3, -0.25) is 4.79 Å². The molecule has 5 rings (SSSR count). The highest BCUT2D eigenvalue weighted by Crippen LogP contribution is 2.45. The molecule has 1 saturated carbocycles. The molecule has 2 aromatic rings. The van der Waals surface area contributed by atoms with Crippen LogP contribution in [-0.4, -0.2) is 77.9 Å². The Kier molecular flexibility index (Phi) is 8.17. The lowest BCUT2D eigenvalue weighted by Crippen LogP contribution is -2.57. The van der Waals surface area contributed by atoms with Gasteiger partial charge in [-0.25, -0.2) is 19.6 Å². The van der Waals surface area contributed by atoms with E-state index in [0.717, 1.165) is 12.8 Å². The minimum atomic E-state index is -0.948. The topological polar surface area (TPSA) is 129 Å². The number of hydrogen-bond acceptors (Lipinski definition) is 9. The monoisotopic (exact) mass is 578 g/mol. The quantitative estimate of drug-likeness (QED) is 0.421. The van der Waals surface area contributed by atoms with Gasteiger partial charge in [0.2, 0.25) is 11.8 Å². The number of ether oxygens (including phenoxy) is 4. The van der Waals surface area contributed by atoms with E-state index < -0.39 is 41.6 Å². The molecule has 1 aromatic carbocycles. The highest BCUT2D eigenvalue weighted by atomic mass is 16.6. The second-order valence-electron chi connectivity index (χ2n) is 12.3. The fraction of sp³-hybridized carbons (Fsp3) is 0.581. The van der Waals surface area contributed by atoms with Gasteiger partial charge in [0, 0.05) is 24.8 Å². The zero-order valence-electron chi connectivity index (χ0n) is 24.9. The Morgan fingerprint density at radius 1 is 1.14 bits per heavy atom. The molecule has 0 radical (unpaired) electrons. The summed E-state index contributed by atoms with van der Waals surface area (Å²) in [5.41, 5.74) is 0.920. The zero-order valence-corrected chi connectivity index (χ0v) is 24.9. The van der Waals surface area contributed by atoms with Crippen LogP contribution < -0.4 is 14.8 Å². The van der Waals surface area contributed by atoms with Gasteiger partial charge in [0.15, 0.2) is 5.69 Å². The van der Waals surface area contributed by atoms with Gasteiger partial charge in [0.1, 0.15) is 30.0 Å². The number of amides is 2. The number of nitrogens with zero attached hydrogens (tertiary/aromatic N) is 3. The molecule has 42 heavy (non-hydrogen) atoms. The predicted molar refractivity (Wildman–Crippen MR) is 153 cm³/mol. The lowest BCUT2D eigenvalue weighted by atomic mass is 9.85. The van der Waals surface area contributed by atoms with Crippen LogP contribution >= 0.6 is 0 Å². The summed E-state index contributed by atoms with van der Waals surface area (Å²) < 4.78 is 22.5. The minimum absolute atomic E-state index is 0.0777. The summed E-state index contributed by atoms with van der Waals surface area (Å²) in [6.45, 7) is 7.69. The van der Waals surface area contributed by atoms with E-state index in [4.69, 9.17) is 28.9 Å². The van der Waals surface area contributed by atoms with E-state index in [9.17, 15) is 14.4 Å². The van der Waals surface area contributed by atoms with Gasteiger partial charge in [-0.2, -0.15) is 0 Å². The van der Waals surface area contributed by atoms with Crippen molar-refractivity contribution >= 4 is 29.0 Å². The van der Waals surface area contributed by atoms with Gasteiger partial charge in [-0.15, -0.1) is 0 Å². The molecule has 11 heteroatoms. The fourth-order valence-corrected chi connectivity index (χ4v) is 5.74. The van der Waals surface area contributed by atoms with Crippen molar-refractivity contribution in [2.45, 2.75) is 77.7 Å². The third kappa shape index (κ3) is 6.08. The third-order valence-corrected chi connectivity index (χ3v) is 8.28. The van der Waals surface area contributed by atoms with Crippen molar-refractivity contribution in [3.63, 3.8) is 0 Å². The number of hydrogen-bond donors (Lipinski definition) is 1. The van der Waals surface area contributed by atoms with Crippen molar-refractivity contribution in [3.8, 4) is 23.5 Å². The number of carbonyl (C=O) groups is 3. The normalized spacial score (nSPS) is 28.0. The average molecular weight is 579 g/mol. The molecule has 0 spiro atoms. The van der Waals surface area contributed by atoms with Crippen LogP contribution in [-0.2, 0) is 19.1 Å². The lowest BCUT2D eigenvalue weighted by Gasteiger charge is -2.34. The Bertz CT molecular complexity index is 1440. The molecular formula is C31H38N4O7. The van der Waals surface area contributed by atoms with Gasteiger partial charge in [-0.05, 0) is 42.2 Å². The van der Waals surface area contributed by atoms with Gasteiger partial charge in [0.25, 0.3) is 0 Å². The standard InChI is InChI=1S/C31H38N4O7/c1-17-20-10-8-7-9-11-22-27(33-23-14-18(39-5)12-13-21(23)32-22)41-19-15-24(29(37)40-6)35(16-19)28(36)26(31(2,3)4)34-30(38)42-25(17)20/h12-14,17,19-20,24-26H,7-8,10,15-16H2,1-6H3,(H,34,38)/t17-,19+,20+,24-,25+,26+/m0/s1. The number of methoxy groups -OCH3 is 2. The Morgan fingerprint density at radius 3 is 2.64 bits per heavy atom. The van der Waals surface area contributed by atoms with E-state index in [2.05, 4.69) is 24.1 Å². The molecule has 1 aliphatic carbocycles. The van der Waals surface area contributed by atoms with Crippen molar-refractivity contribution in [2.75, 3.05) is 20.8 Å². The molecule has 3 aliphatic rings. The number of benzene rings is 1. The SMILES string of the molecule is COC(=O)[C@@H]1C[C@@H]2CN1C(=O)[C@H](C(C)(C)C)NC(=O)O[C@@H]1[C@@H](C)[C@H]1CCCC#Cc1nc3ccc(OC)cc3nc1O2. The first-order chi connectivity index (χ1) is 20.0. The maximum Gasteiger partial charge on any atom is 0.408 e. The van der Waals surface area contributed by atoms with Crippen LogP contribution in [0.25, 0.3) is 11.0 Å². The van der Waals surface area contributed by atoms with Crippen LogP contribution in [0.3, 0.4) is 0 Å². The van der Waals surface area contributed by atoms with Crippen LogP contribution in [0.5, 0.6) is 11.6 Å².